The van der Waals surface area contributed by atoms with Gasteiger partial charge in [-0.3, -0.25) is 4.79 Å². The van der Waals surface area contributed by atoms with Gasteiger partial charge in [0.2, 0.25) is 0 Å². The molecule has 0 aliphatic heterocycles. The molecule has 2 aromatic rings. The average Bonchev–Trinajstić information content (AvgIpc) is 2.45. The number of rotatable bonds is 3. The number of benzene rings is 2. The second kappa shape index (κ2) is 5.97. The maximum absolute atomic E-state index is 12.5. The highest BCUT2D eigenvalue weighted by Crippen LogP contribution is 2.24. The maximum Gasteiger partial charge on any atom is 0.337 e. The molecular formula is C16H14ClNO3. The Morgan fingerprint density at radius 3 is 2.38 bits per heavy atom. The average molecular weight is 304 g/mol. The van der Waals surface area contributed by atoms with E-state index in [2.05, 4.69) is 0 Å². The van der Waals surface area contributed by atoms with Gasteiger partial charge < -0.3 is 10.0 Å². The van der Waals surface area contributed by atoms with E-state index in [-0.39, 0.29) is 11.5 Å². The van der Waals surface area contributed by atoms with Crippen molar-refractivity contribution in [3.63, 3.8) is 0 Å². The highest BCUT2D eigenvalue weighted by Gasteiger charge is 2.20. The lowest BCUT2D eigenvalue weighted by Gasteiger charge is -2.20. The molecule has 0 aliphatic rings. The smallest absolute Gasteiger partial charge is 0.337 e. The summed E-state index contributed by atoms with van der Waals surface area (Å²) in [6.45, 7) is 1.88. The predicted octanol–water partition coefficient (Wildman–Crippen LogP) is 3.62. The Kier molecular flexibility index (Phi) is 4.29. The molecule has 0 heterocycles. The summed E-state index contributed by atoms with van der Waals surface area (Å²) in [6.07, 6.45) is 0. The summed E-state index contributed by atoms with van der Waals surface area (Å²) in [5.74, 6) is -1.44. The van der Waals surface area contributed by atoms with Crippen molar-refractivity contribution in [3.05, 3.63) is 64.2 Å². The van der Waals surface area contributed by atoms with Crippen LogP contribution in [0.5, 0.6) is 0 Å². The van der Waals surface area contributed by atoms with E-state index >= 15 is 0 Å². The van der Waals surface area contributed by atoms with Crippen molar-refractivity contribution in [2.24, 2.45) is 0 Å². The molecule has 0 radical (unpaired) electrons. The van der Waals surface area contributed by atoms with Crippen LogP contribution in [0.1, 0.15) is 26.3 Å². The first-order valence-electron chi connectivity index (χ1n) is 6.28. The van der Waals surface area contributed by atoms with Crippen molar-refractivity contribution >= 4 is 29.2 Å². The Balaban J connectivity index is 2.42. The Hall–Kier alpha value is -2.33. The molecule has 1 amide bonds. The highest BCUT2D eigenvalue weighted by molar-refractivity contribution is 6.34. The van der Waals surface area contributed by atoms with E-state index in [0.29, 0.717) is 16.3 Å². The van der Waals surface area contributed by atoms with Crippen LogP contribution < -0.4 is 4.90 Å². The fourth-order valence-electron chi connectivity index (χ4n) is 2.03. The number of amides is 1. The van der Waals surface area contributed by atoms with Crippen LogP contribution in [0.3, 0.4) is 0 Å². The fraction of sp³-hybridized carbons (Fsp3) is 0.125. The Bertz CT molecular complexity index is 712. The third-order valence-corrected chi connectivity index (χ3v) is 3.47. The van der Waals surface area contributed by atoms with Gasteiger partial charge in [-0.25, -0.2) is 4.79 Å². The Labute approximate surface area is 127 Å². The normalized spacial score (nSPS) is 10.2. The topological polar surface area (TPSA) is 57.6 Å². The minimum absolute atomic E-state index is 0.0663. The minimum Gasteiger partial charge on any atom is -0.478 e. The molecule has 0 bridgehead atoms. The molecule has 2 aromatic carbocycles. The van der Waals surface area contributed by atoms with E-state index in [1.165, 1.54) is 18.0 Å². The van der Waals surface area contributed by atoms with E-state index in [4.69, 9.17) is 11.6 Å². The molecule has 0 saturated carbocycles. The Morgan fingerprint density at radius 1 is 1.10 bits per heavy atom. The number of aryl methyl sites for hydroxylation is 1. The first kappa shape index (κ1) is 15.1. The van der Waals surface area contributed by atoms with Crippen LogP contribution in [0.4, 0.5) is 5.69 Å². The molecule has 0 saturated heterocycles. The largest absolute Gasteiger partial charge is 0.478 e. The van der Waals surface area contributed by atoms with Crippen molar-refractivity contribution in [3.8, 4) is 0 Å². The van der Waals surface area contributed by atoms with Crippen molar-refractivity contribution < 1.29 is 14.7 Å². The quantitative estimate of drug-likeness (QED) is 0.942. The van der Waals surface area contributed by atoms with Gasteiger partial charge in [-0.15, -0.1) is 0 Å². The van der Waals surface area contributed by atoms with E-state index in [9.17, 15) is 14.7 Å². The summed E-state index contributed by atoms with van der Waals surface area (Å²) in [7, 11) is 1.53. The summed E-state index contributed by atoms with van der Waals surface area (Å²) >= 11 is 6.09. The lowest BCUT2D eigenvalue weighted by Crippen LogP contribution is -2.28. The van der Waals surface area contributed by atoms with E-state index < -0.39 is 5.97 Å². The van der Waals surface area contributed by atoms with Gasteiger partial charge in [-0.1, -0.05) is 29.8 Å². The van der Waals surface area contributed by atoms with Crippen molar-refractivity contribution in [1.82, 2.24) is 0 Å². The SMILES string of the molecule is Cc1ccc(C(=O)N(C)c2ccccc2C(=O)O)c(Cl)c1. The van der Waals surface area contributed by atoms with Crippen LogP contribution in [-0.2, 0) is 0 Å². The number of hydrogen-bond donors (Lipinski definition) is 1. The van der Waals surface area contributed by atoms with Gasteiger partial charge in [0.25, 0.3) is 5.91 Å². The molecule has 0 aromatic heterocycles. The summed E-state index contributed by atoms with van der Waals surface area (Å²) in [4.78, 5) is 25.0. The number of nitrogens with zero attached hydrogens (tertiary/aromatic N) is 1. The maximum atomic E-state index is 12.5. The number of carbonyl (C=O) groups excluding carboxylic acids is 1. The first-order valence-corrected chi connectivity index (χ1v) is 6.66. The van der Waals surface area contributed by atoms with Crippen molar-refractivity contribution in [2.45, 2.75) is 6.92 Å². The van der Waals surface area contributed by atoms with E-state index in [0.717, 1.165) is 5.56 Å². The van der Waals surface area contributed by atoms with Crippen LogP contribution in [0, 0.1) is 6.92 Å². The third-order valence-electron chi connectivity index (χ3n) is 3.16. The lowest BCUT2D eigenvalue weighted by atomic mass is 10.1. The number of carbonyl (C=O) groups is 2. The molecule has 108 valence electrons. The van der Waals surface area contributed by atoms with E-state index in [1.807, 2.05) is 6.92 Å². The zero-order valence-corrected chi connectivity index (χ0v) is 12.4. The van der Waals surface area contributed by atoms with Crippen LogP contribution in [0.15, 0.2) is 42.5 Å². The first-order chi connectivity index (χ1) is 9.91. The van der Waals surface area contributed by atoms with Gasteiger partial charge >= 0.3 is 5.97 Å². The van der Waals surface area contributed by atoms with Gasteiger partial charge in [0.15, 0.2) is 0 Å². The van der Waals surface area contributed by atoms with Gasteiger partial charge in [0.05, 0.1) is 21.8 Å². The monoisotopic (exact) mass is 303 g/mol. The molecule has 0 atom stereocenters. The number of halogens is 1. The van der Waals surface area contributed by atoms with Gasteiger partial charge in [0.1, 0.15) is 0 Å². The summed E-state index contributed by atoms with van der Waals surface area (Å²) in [6, 6.07) is 11.5. The predicted molar refractivity (Wildman–Crippen MR) is 82.3 cm³/mol. The van der Waals surface area contributed by atoms with Crippen molar-refractivity contribution in [1.29, 1.82) is 0 Å². The van der Waals surface area contributed by atoms with Crippen LogP contribution >= 0.6 is 11.6 Å². The lowest BCUT2D eigenvalue weighted by molar-refractivity contribution is 0.0697. The molecule has 4 nitrogen and oxygen atoms in total. The van der Waals surface area contributed by atoms with Crippen LogP contribution in [-0.4, -0.2) is 24.0 Å². The third kappa shape index (κ3) is 3.06. The zero-order chi connectivity index (χ0) is 15.6. The van der Waals surface area contributed by atoms with Gasteiger partial charge in [0, 0.05) is 7.05 Å². The highest BCUT2D eigenvalue weighted by atomic mass is 35.5. The molecule has 0 aliphatic carbocycles. The van der Waals surface area contributed by atoms with Gasteiger partial charge in [-0.05, 0) is 36.8 Å². The molecule has 2 rings (SSSR count). The number of hydrogen-bond acceptors (Lipinski definition) is 2. The molecular weight excluding hydrogens is 290 g/mol. The number of carboxylic acid groups (broad SMARTS) is 1. The molecule has 21 heavy (non-hydrogen) atoms. The Morgan fingerprint density at radius 2 is 1.76 bits per heavy atom. The molecule has 1 N–H and O–H groups in total. The number of anilines is 1. The minimum atomic E-state index is -1.08. The number of para-hydroxylation sites is 1. The van der Waals surface area contributed by atoms with Crippen LogP contribution in [0.25, 0.3) is 0 Å². The zero-order valence-electron chi connectivity index (χ0n) is 11.6. The standard InChI is InChI=1S/C16H14ClNO3/c1-10-7-8-11(13(17)9-10)15(19)18(2)14-6-4-3-5-12(14)16(20)21/h3-9H,1-2H3,(H,20,21). The summed E-state index contributed by atoms with van der Waals surface area (Å²) < 4.78 is 0. The molecule has 5 heteroatoms. The summed E-state index contributed by atoms with van der Waals surface area (Å²) in [5.41, 5.74) is 1.68. The fourth-order valence-corrected chi connectivity index (χ4v) is 2.35. The second-order valence-corrected chi connectivity index (χ2v) is 5.08. The second-order valence-electron chi connectivity index (χ2n) is 4.67. The molecule has 0 fully saturated rings. The number of carboxylic acids is 1. The van der Waals surface area contributed by atoms with Gasteiger partial charge in [-0.2, -0.15) is 0 Å². The number of aromatic carboxylic acids is 1. The molecule has 0 spiro atoms. The molecule has 0 unspecified atom stereocenters. The van der Waals surface area contributed by atoms with Crippen molar-refractivity contribution in [2.75, 3.05) is 11.9 Å². The van der Waals surface area contributed by atoms with E-state index in [1.54, 1.807) is 36.4 Å². The van der Waals surface area contributed by atoms with Crippen LogP contribution in [0.2, 0.25) is 5.02 Å². The summed E-state index contributed by atoms with van der Waals surface area (Å²) in [5, 5.41) is 9.54.